The molecule has 1 aromatic heterocycles. The molecule has 0 N–H and O–H groups in total. The molecule has 0 fully saturated rings. The predicted molar refractivity (Wildman–Crippen MR) is 82.9 cm³/mol. The van der Waals surface area contributed by atoms with Crippen molar-refractivity contribution in [1.29, 1.82) is 0 Å². The molecule has 2 rings (SSSR count). The van der Waals surface area contributed by atoms with Gasteiger partial charge in [-0.25, -0.2) is 9.97 Å². The quantitative estimate of drug-likeness (QED) is 0.775. The molecular weight excluding hydrogens is 288 g/mol. The fourth-order valence-corrected chi connectivity index (χ4v) is 2.11. The number of hydrogen-bond donors (Lipinski definition) is 0. The zero-order chi connectivity index (χ0) is 15.1. The molecule has 1 aromatic carbocycles. The topological polar surface area (TPSA) is 44.2 Å². The molecule has 0 aliphatic carbocycles. The summed E-state index contributed by atoms with van der Waals surface area (Å²) in [7, 11) is 0. The van der Waals surface area contributed by atoms with Crippen LogP contribution in [0.25, 0.3) is 0 Å². The van der Waals surface area contributed by atoms with Crippen LogP contribution in [0.15, 0.2) is 42.7 Å². The zero-order valence-electron chi connectivity index (χ0n) is 12.2. The van der Waals surface area contributed by atoms with E-state index in [0.29, 0.717) is 29.3 Å². The maximum atomic E-state index is 6.08. The third kappa shape index (κ3) is 5.23. The Morgan fingerprint density at radius 3 is 2.48 bits per heavy atom. The predicted octanol–water partition coefficient (Wildman–Crippen LogP) is 4.00. The van der Waals surface area contributed by atoms with Crippen molar-refractivity contribution in [2.24, 2.45) is 5.92 Å². The SMILES string of the molecule is CC(C)CC(COc1ccccc1Cl)Oc1ncccn1. The summed E-state index contributed by atoms with van der Waals surface area (Å²) in [6.07, 6.45) is 4.04. The van der Waals surface area contributed by atoms with Crippen LogP contribution in [0.4, 0.5) is 0 Å². The van der Waals surface area contributed by atoms with Gasteiger partial charge in [0, 0.05) is 12.4 Å². The fraction of sp³-hybridized carbons (Fsp3) is 0.375. The average molecular weight is 307 g/mol. The van der Waals surface area contributed by atoms with Gasteiger partial charge in [-0.05, 0) is 30.5 Å². The van der Waals surface area contributed by atoms with Crippen molar-refractivity contribution in [3.05, 3.63) is 47.7 Å². The van der Waals surface area contributed by atoms with E-state index in [4.69, 9.17) is 21.1 Å². The largest absolute Gasteiger partial charge is 0.488 e. The van der Waals surface area contributed by atoms with Crippen LogP contribution in [-0.2, 0) is 0 Å². The molecule has 2 aromatic rings. The maximum Gasteiger partial charge on any atom is 0.316 e. The lowest BCUT2D eigenvalue weighted by atomic mass is 10.1. The number of ether oxygens (including phenoxy) is 2. The van der Waals surface area contributed by atoms with E-state index < -0.39 is 0 Å². The molecule has 1 atom stereocenters. The van der Waals surface area contributed by atoms with E-state index in [2.05, 4.69) is 23.8 Å². The normalized spacial score (nSPS) is 12.2. The monoisotopic (exact) mass is 306 g/mol. The minimum absolute atomic E-state index is 0.122. The first-order valence-corrected chi connectivity index (χ1v) is 7.34. The number of aromatic nitrogens is 2. The Morgan fingerprint density at radius 1 is 1.10 bits per heavy atom. The minimum Gasteiger partial charge on any atom is -0.488 e. The summed E-state index contributed by atoms with van der Waals surface area (Å²) in [4.78, 5) is 8.17. The molecule has 0 saturated carbocycles. The molecule has 4 nitrogen and oxygen atoms in total. The lowest BCUT2D eigenvalue weighted by Crippen LogP contribution is -2.27. The molecule has 0 saturated heterocycles. The van der Waals surface area contributed by atoms with Crippen molar-refractivity contribution in [1.82, 2.24) is 9.97 Å². The van der Waals surface area contributed by atoms with Crippen LogP contribution in [0.1, 0.15) is 20.3 Å². The van der Waals surface area contributed by atoms with Gasteiger partial charge < -0.3 is 9.47 Å². The Kier molecular flexibility index (Phi) is 5.81. The second-order valence-electron chi connectivity index (χ2n) is 5.14. The van der Waals surface area contributed by atoms with Gasteiger partial charge in [0.1, 0.15) is 18.5 Å². The van der Waals surface area contributed by atoms with Crippen LogP contribution in [0.3, 0.4) is 0 Å². The zero-order valence-corrected chi connectivity index (χ0v) is 13.0. The van der Waals surface area contributed by atoms with E-state index in [9.17, 15) is 0 Å². The van der Waals surface area contributed by atoms with E-state index in [1.165, 1.54) is 0 Å². The van der Waals surface area contributed by atoms with E-state index in [0.717, 1.165) is 6.42 Å². The van der Waals surface area contributed by atoms with Crippen molar-refractivity contribution < 1.29 is 9.47 Å². The summed E-state index contributed by atoms with van der Waals surface area (Å²) in [5.74, 6) is 1.14. The van der Waals surface area contributed by atoms with Crippen LogP contribution in [0, 0.1) is 5.92 Å². The number of hydrogen-bond acceptors (Lipinski definition) is 4. The van der Waals surface area contributed by atoms with E-state index in [-0.39, 0.29) is 6.10 Å². The Hall–Kier alpha value is -1.81. The molecule has 1 heterocycles. The van der Waals surface area contributed by atoms with Gasteiger partial charge in [0.15, 0.2) is 0 Å². The highest BCUT2D eigenvalue weighted by atomic mass is 35.5. The highest BCUT2D eigenvalue weighted by Crippen LogP contribution is 2.24. The van der Waals surface area contributed by atoms with Crippen LogP contribution >= 0.6 is 11.6 Å². The molecular formula is C16H19ClN2O2. The van der Waals surface area contributed by atoms with Crippen LogP contribution in [-0.4, -0.2) is 22.7 Å². The van der Waals surface area contributed by atoms with Crippen LogP contribution in [0.5, 0.6) is 11.8 Å². The van der Waals surface area contributed by atoms with Crippen LogP contribution < -0.4 is 9.47 Å². The van der Waals surface area contributed by atoms with E-state index in [1.54, 1.807) is 24.5 Å². The van der Waals surface area contributed by atoms with Crippen molar-refractivity contribution in [3.8, 4) is 11.8 Å². The van der Waals surface area contributed by atoms with Gasteiger partial charge in [-0.2, -0.15) is 0 Å². The molecule has 112 valence electrons. The molecule has 5 heteroatoms. The summed E-state index contributed by atoms with van der Waals surface area (Å²) in [6, 6.07) is 9.52. The number of rotatable bonds is 7. The number of benzene rings is 1. The van der Waals surface area contributed by atoms with Crippen molar-refractivity contribution >= 4 is 11.6 Å². The summed E-state index contributed by atoms with van der Waals surface area (Å²) in [6.45, 7) is 4.68. The summed E-state index contributed by atoms with van der Waals surface area (Å²) in [5.41, 5.74) is 0. The number of halogens is 1. The standard InChI is InChI=1S/C16H19ClN2O2/c1-12(2)10-13(21-16-18-8-5-9-19-16)11-20-15-7-4-3-6-14(15)17/h3-9,12-13H,10-11H2,1-2H3. The van der Waals surface area contributed by atoms with Crippen molar-refractivity contribution in [2.75, 3.05) is 6.61 Å². The highest BCUT2D eigenvalue weighted by Gasteiger charge is 2.16. The molecule has 21 heavy (non-hydrogen) atoms. The molecule has 0 amide bonds. The Labute approximate surface area is 130 Å². The maximum absolute atomic E-state index is 6.08. The molecule has 0 bridgehead atoms. The Bertz CT molecular complexity index is 549. The van der Waals surface area contributed by atoms with Gasteiger partial charge in [0.2, 0.25) is 0 Å². The van der Waals surface area contributed by atoms with Gasteiger partial charge in [-0.1, -0.05) is 37.6 Å². The molecule has 0 aliphatic heterocycles. The third-order valence-corrected chi connectivity index (χ3v) is 3.12. The van der Waals surface area contributed by atoms with Gasteiger partial charge in [0.05, 0.1) is 5.02 Å². The number of nitrogens with zero attached hydrogens (tertiary/aromatic N) is 2. The average Bonchev–Trinajstić information content (AvgIpc) is 2.46. The molecule has 1 unspecified atom stereocenters. The first kappa shape index (κ1) is 15.6. The first-order chi connectivity index (χ1) is 10.1. The third-order valence-electron chi connectivity index (χ3n) is 2.81. The van der Waals surface area contributed by atoms with Crippen LogP contribution in [0.2, 0.25) is 5.02 Å². The van der Waals surface area contributed by atoms with Crippen molar-refractivity contribution in [2.45, 2.75) is 26.4 Å². The highest BCUT2D eigenvalue weighted by molar-refractivity contribution is 6.32. The summed E-state index contributed by atoms with van der Waals surface area (Å²) in [5, 5.41) is 0.594. The van der Waals surface area contributed by atoms with E-state index in [1.807, 2.05) is 18.2 Å². The van der Waals surface area contributed by atoms with Gasteiger partial charge in [-0.15, -0.1) is 0 Å². The molecule has 0 aliphatic rings. The van der Waals surface area contributed by atoms with Gasteiger partial charge in [0.25, 0.3) is 0 Å². The summed E-state index contributed by atoms with van der Waals surface area (Å²) >= 11 is 6.08. The molecule has 0 radical (unpaired) electrons. The lowest BCUT2D eigenvalue weighted by Gasteiger charge is -2.20. The Morgan fingerprint density at radius 2 is 1.81 bits per heavy atom. The second-order valence-corrected chi connectivity index (χ2v) is 5.55. The number of para-hydroxylation sites is 1. The van der Waals surface area contributed by atoms with Gasteiger partial charge >= 0.3 is 6.01 Å². The lowest BCUT2D eigenvalue weighted by molar-refractivity contribution is 0.101. The summed E-state index contributed by atoms with van der Waals surface area (Å²) < 4.78 is 11.6. The first-order valence-electron chi connectivity index (χ1n) is 6.96. The Balaban J connectivity index is 1.98. The minimum atomic E-state index is -0.122. The second kappa shape index (κ2) is 7.84. The fourth-order valence-electron chi connectivity index (χ4n) is 1.92. The van der Waals surface area contributed by atoms with Gasteiger partial charge in [-0.3, -0.25) is 0 Å². The smallest absolute Gasteiger partial charge is 0.316 e. The molecule has 0 spiro atoms. The van der Waals surface area contributed by atoms with E-state index >= 15 is 0 Å². The van der Waals surface area contributed by atoms with Crippen molar-refractivity contribution in [3.63, 3.8) is 0 Å².